The Kier molecular flexibility index (Phi) is 9.79. The van der Waals surface area contributed by atoms with Gasteiger partial charge in [0.15, 0.2) is 11.5 Å². The van der Waals surface area contributed by atoms with Crippen LogP contribution in [0.4, 0.5) is 0 Å². The number of benzene rings is 1. The van der Waals surface area contributed by atoms with Crippen LogP contribution in [0.2, 0.25) is 0 Å². The summed E-state index contributed by atoms with van der Waals surface area (Å²) in [6.07, 6.45) is 0. The summed E-state index contributed by atoms with van der Waals surface area (Å²) in [4.78, 5) is 2.49. The maximum atomic E-state index is 5.65. The summed E-state index contributed by atoms with van der Waals surface area (Å²) in [6, 6.07) is 6.65. The van der Waals surface area contributed by atoms with E-state index in [-0.39, 0.29) is 24.8 Å². The number of rotatable bonds is 5. The molecule has 1 N–H and O–H groups in total. The molecule has 1 aromatic rings. The first-order chi connectivity index (χ1) is 9.26. The van der Waals surface area contributed by atoms with Crippen LogP contribution in [0.25, 0.3) is 0 Å². The molecule has 1 aliphatic heterocycles. The molecule has 4 nitrogen and oxygen atoms in total. The van der Waals surface area contributed by atoms with Gasteiger partial charge in [-0.05, 0) is 31.5 Å². The molecular formula is C15H26Cl2N2O2. The van der Waals surface area contributed by atoms with E-state index in [1.165, 1.54) is 5.56 Å². The number of ether oxygens (including phenoxy) is 2. The maximum absolute atomic E-state index is 5.65. The number of hydrogen-bond donors (Lipinski definition) is 1. The molecule has 1 fully saturated rings. The molecule has 0 aliphatic carbocycles. The van der Waals surface area contributed by atoms with E-state index in [9.17, 15) is 0 Å². The van der Waals surface area contributed by atoms with Gasteiger partial charge in [0.2, 0.25) is 0 Å². The molecule has 0 bridgehead atoms. The van der Waals surface area contributed by atoms with Crippen LogP contribution in [0.15, 0.2) is 18.2 Å². The van der Waals surface area contributed by atoms with Gasteiger partial charge in [-0.25, -0.2) is 0 Å². The van der Waals surface area contributed by atoms with E-state index in [1.54, 1.807) is 7.11 Å². The average molecular weight is 337 g/mol. The van der Waals surface area contributed by atoms with Crippen molar-refractivity contribution in [3.05, 3.63) is 23.8 Å². The second-order valence-corrected chi connectivity index (χ2v) is 4.81. The van der Waals surface area contributed by atoms with Crippen LogP contribution >= 0.6 is 24.8 Å². The highest BCUT2D eigenvalue weighted by molar-refractivity contribution is 5.85. The van der Waals surface area contributed by atoms with Crippen LogP contribution in [-0.4, -0.2) is 44.8 Å². The lowest BCUT2D eigenvalue weighted by molar-refractivity contribution is 0.185. The molecule has 1 aliphatic rings. The van der Waals surface area contributed by atoms with E-state index in [0.717, 1.165) is 37.7 Å². The largest absolute Gasteiger partial charge is 0.493 e. The first kappa shape index (κ1) is 20.3. The Morgan fingerprint density at radius 1 is 1.19 bits per heavy atom. The summed E-state index contributed by atoms with van der Waals surface area (Å²) >= 11 is 0. The van der Waals surface area contributed by atoms with Gasteiger partial charge >= 0.3 is 0 Å². The third-order valence-corrected chi connectivity index (χ3v) is 3.67. The van der Waals surface area contributed by atoms with Gasteiger partial charge in [0, 0.05) is 32.2 Å². The third-order valence-electron chi connectivity index (χ3n) is 3.67. The van der Waals surface area contributed by atoms with Crippen LogP contribution < -0.4 is 14.8 Å². The molecule has 6 heteroatoms. The summed E-state index contributed by atoms with van der Waals surface area (Å²) in [7, 11) is 1.68. The molecule has 0 unspecified atom stereocenters. The van der Waals surface area contributed by atoms with Crippen molar-refractivity contribution in [2.24, 2.45) is 0 Å². The number of nitrogens with one attached hydrogen (secondary N) is 1. The number of halogens is 2. The molecule has 0 aromatic heterocycles. The van der Waals surface area contributed by atoms with Gasteiger partial charge in [0.25, 0.3) is 0 Å². The molecule has 0 amide bonds. The Bertz CT molecular complexity index is 413. The number of methoxy groups -OCH3 is 1. The fourth-order valence-electron chi connectivity index (χ4n) is 2.50. The van der Waals surface area contributed by atoms with Crippen molar-refractivity contribution in [2.75, 3.05) is 39.9 Å². The smallest absolute Gasteiger partial charge is 0.161 e. The Labute approximate surface area is 140 Å². The summed E-state index contributed by atoms with van der Waals surface area (Å²) in [5, 5.41) is 3.38. The Morgan fingerprint density at radius 3 is 2.43 bits per heavy atom. The highest BCUT2D eigenvalue weighted by Crippen LogP contribution is 2.32. The molecule has 122 valence electrons. The summed E-state index contributed by atoms with van der Waals surface area (Å²) in [6.45, 7) is 9.22. The number of nitrogens with zero attached hydrogens (tertiary/aromatic N) is 1. The monoisotopic (exact) mass is 336 g/mol. The van der Waals surface area contributed by atoms with Crippen molar-refractivity contribution in [3.8, 4) is 11.5 Å². The minimum Gasteiger partial charge on any atom is -0.493 e. The van der Waals surface area contributed by atoms with Gasteiger partial charge in [-0.1, -0.05) is 6.07 Å². The van der Waals surface area contributed by atoms with E-state index >= 15 is 0 Å². The van der Waals surface area contributed by atoms with Crippen molar-refractivity contribution in [1.82, 2.24) is 10.2 Å². The fourth-order valence-corrected chi connectivity index (χ4v) is 2.50. The van der Waals surface area contributed by atoms with Crippen molar-refractivity contribution < 1.29 is 9.47 Å². The maximum Gasteiger partial charge on any atom is 0.161 e. The lowest BCUT2D eigenvalue weighted by Crippen LogP contribution is -2.44. The minimum absolute atomic E-state index is 0. The van der Waals surface area contributed by atoms with Crippen molar-refractivity contribution in [2.45, 2.75) is 19.9 Å². The Morgan fingerprint density at radius 2 is 1.86 bits per heavy atom. The van der Waals surface area contributed by atoms with Crippen molar-refractivity contribution >= 4 is 24.8 Å². The fraction of sp³-hybridized carbons (Fsp3) is 0.600. The lowest BCUT2D eigenvalue weighted by atomic mass is 10.1. The van der Waals surface area contributed by atoms with Gasteiger partial charge in [0.05, 0.1) is 13.7 Å². The van der Waals surface area contributed by atoms with E-state index in [2.05, 4.69) is 29.3 Å². The summed E-state index contributed by atoms with van der Waals surface area (Å²) < 4.78 is 11.0. The van der Waals surface area contributed by atoms with Crippen molar-refractivity contribution in [1.29, 1.82) is 0 Å². The van der Waals surface area contributed by atoms with E-state index in [4.69, 9.17) is 9.47 Å². The van der Waals surface area contributed by atoms with Gasteiger partial charge < -0.3 is 14.8 Å². The van der Waals surface area contributed by atoms with Crippen LogP contribution in [0, 0.1) is 0 Å². The molecule has 0 radical (unpaired) electrons. The molecule has 0 spiro atoms. The normalized spacial score (nSPS) is 16.3. The zero-order chi connectivity index (χ0) is 13.7. The molecule has 0 saturated carbocycles. The SMILES string of the molecule is CCOc1cc([C@H](C)N2CCNCC2)ccc1OC.Cl.Cl. The summed E-state index contributed by atoms with van der Waals surface area (Å²) in [5.41, 5.74) is 1.28. The van der Waals surface area contributed by atoms with Crippen LogP contribution in [0.1, 0.15) is 25.5 Å². The molecule has 2 rings (SSSR count). The average Bonchev–Trinajstić information content (AvgIpc) is 2.47. The van der Waals surface area contributed by atoms with E-state index in [0.29, 0.717) is 12.6 Å². The third kappa shape index (κ3) is 5.22. The quantitative estimate of drug-likeness (QED) is 0.896. The molecule has 1 aromatic carbocycles. The van der Waals surface area contributed by atoms with E-state index < -0.39 is 0 Å². The number of piperazine rings is 1. The first-order valence-electron chi connectivity index (χ1n) is 7.01. The van der Waals surface area contributed by atoms with Gasteiger partial charge in [-0.2, -0.15) is 0 Å². The highest BCUT2D eigenvalue weighted by atomic mass is 35.5. The standard InChI is InChI=1S/C15H24N2O2.2ClH/c1-4-19-15-11-13(5-6-14(15)18-3)12(2)17-9-7-16-8-10-17;;/h5-6,11-12,16H,4,7-10H2,1-3H3;2*1H/t12-;;/m0../s1. The van der Waals surface area contributed by atoms with Gasteiger partial charge in [-0.15, -0.1) is 24.8 Å². The molecular weight excluding hydrogens is 311 g/mol. The van der Waals surface area contributed by atoms with Crippen molar-refractivity contribution in [3.63, 3.8) is 0 Å². The molecule has 1 saturated heterocycles. The number of hydrogen-bond acceptors (Lipinski definition) is 4. The van der Waals surface area contributed by atoms with E-state index in [1.807, 2.05) is 13.0 Å². The minimum atomic E-state index is 0. The zero-order valence-electron chi connectivity index (χ0n) is 12.9. The Hall–Kier alpha value is -0.680. The molecule has 21 heavy (non-hydrogen) atoms. The predicted octanol–water partition coefficient (Wildman–Crippen LogP) is 2.90. The molecule has 1 atom stereocenters. The van der Waals surface area contributed by atoms with Gasteiger partial charge in [-0.3, -0.25) is 4.90 Å². The van der Waals surface area contributed by atoms with Crippen LogP contribution in [-0.2, 0) is 0 Å². The second kappa shape index (κ2) is 10.1. The highest BCUT2D eigenvalue weighted by Gasteiger charge is 2.19. The lowest BCUT2D eigenvalue weighted by Gasteiger charge is -2.33. The Balaban J connectivity index is 0.00000200. The molecule has 1 heterocycles. The topological polar surface area (TPSA) is 33.7 Å². The van der Waals surface area contributed by atoms with Crippen LogP contribution in [0.5, 0.6) is 11.5 Å². The first-order valence-corrected chi connectivity index (χ1v) is 7.01. The second-order valence-electron chi connectivity index (χ2n) is 4.81. The predicted molar refractivity (Wildman–Crippen MR) is 91.5 cm³/mol. The summed E-state index contributed by atoms with van der Waals surface area (Å²) in [5.74, 6) is 1.64. The van der Waals surface area contributed by atoms with Gasteiger partial charge in [0.1, 0.15) is 0 Å². The van der Waals surface area contributed by atoms with Crippen LogP contribution in [0.3, 0.4) is 0 Å². The zero-order valence-corrected chi connectivity index (χ0v) is 14.6.